The molecule has 0 aromatic carbocycles. The van der Waals surface area contributed by atoms with E-state index >= 15 is 0 Å². The van der Waals surface area contributed by atoms with Crippen molar-refractivity contribution in [2.24, 2.45) is 40.4 Å². The lowest BCUT2D eigenvalue weighted by atomic mass is 9.44. The highest BCUT2D eigenvalue weighted by atomic mass is 35.5. The van der Waals surface area contributed by atoms with Crippen LogP contribution in [0.15, 0.2) is 11.6 Å². The highest BCUT2D eigenvalue weighted by molar-refractivity contribution is 6.29. The van der Waals surface area contributed by atoms with E-state index in [0.717, 1.165) is 19.3 Å². The third kappa shape index (κ3) is 3.02. The topological polar surface area (TPSA) is 80.7 Å². The van der Waals surface area contributed by atoms with Gasteiger partial charge in [0.2, 0.25) is 0 Å². The Labute approximate surface area is 196 Å². The van der Waals surface area contributed by atoms with Crippen LogP contribution in [0.3, 0.4) is 0 Å². The number of aliphatic hydroxyl groups is 1. The highest BCUT2D eigenvalue weighted by Crippen LogP contribution is 2.70. The summed E-state index contributed by atoms with van der Waals surface area (Å²) in [6.45, 7) is 10.2. The van der Waals surface area contributed by atoms with Crippen LogP contribution in [0.4, 0.5) is 0 Å². The minimum Gasteiger partial charge on any atom is -0.450 e. The molecule has 4 aliphatic carbocycles. The largest absolute Gasteiger partial charge is 0.450 e. The van der Waals surface area contributed by atoms with Crippen molar-refractivity contribution in [1.29, 1.82) is 0 Å². The predicted molar refractivity (Wildman–Crippen MR) is 122 cm³/mol. The van der Waals surface area contributed by atoms with E-state index in [1.54, 1.807) is 6.92 Å². The van der Waals surface area contributed by atoms with Crippen LogP contribution in [-0.4, -0.2) is 40.2 Å². The zero-order valence-electron chi connectivity index (χ0n) is 19.9. The Bertz CT molecular complexity index is 866. The lowest BCUT2D eigenvalue weighted by molar-refractivity contribution is -0.205. The minimum absolute atomic E-state index is 0.0344. The maximum absolute atomic E-state index is 13.4. The first-order valence-corrected chi connectivity index (χ1v) is 12.7. The summed E-state index contributed by atoms with van der Waals surface area (Å²) in [6.07, 6.45) is 4.71. The number of hydrogen-bond acceptors (Lipinski definition) is 5. The highest BCUT2D eigenvalue weighted by Gasteiger charge is 2.73. The smallest absolute Gasteiger partial charge is 0.306 e. The van der Waals surface area contributed by atoms with Gasteiger partial charge in [-0.25, -0.2) is 0 Å². The molecule has 0 radical (unpaired) electrons. The van der Waals surface area contributed by atoms with Crippen molar-refractivity contribution in [2.75, 3.05) is 5.88 Å². The number of rotatable bonds is 4. The quantitative estimate of drug-likeness (QED) is 0.490. The van der Waals surface area contributed by atoms with Crippen molar-refractivity contribution in [3.63, 3.8) is 0 Å². The number of fused-ring (bicyclic) bond motifs is 5. The number of carbonyl (C=O) groups is 3. The number of Topliss-reactive ketones (excluding diaryl/α,β-unsaturated/α-hetero) is 1. The van der Waals surface area contributed by atoms with Gasteiger partial charge in [0, 0.05) is 24.2 Å². The fourth-order valence-electron chi connectivity index (χ4n) is 8.66. The molecule has 0 saturated heterocycles. The summed E-state index contributed by atoms with van der Waals surface area (Å²) in [5.74, 6) is -0.222. The zero-order chi connectivity index (χ0) is 23.6. The van der Waals surface area contributed by atoms with Crippen molar-refractivity contribution in [2.45, 2.75) is 84.8 Å². The van der Waals surface area contributed by atoms with Crippen LogP contribution in [0.25, 0.3) is 0 Å². The summed E-state index contributed by atoms with van der Waals surface area (Å²) in [5.41, 5.74) is -1.02. The Morgan fingerprint density at radius 2 is 1.94 bits per heavy atom. The number of allylic oxidation sites excluding steroid dienone is 1. The Balaban J connectivity index is 1.82. The summed E-state index contributed by atoms with van der Waals surface area (Å²) >= 11 is 6.09. The van der Waals surface area contributed by atoms with E-state index in [2.05, 4.69) is 13.8 Å². The minimum atomic E-state index is -1.30. The summed E-state index contributed by atoms with van der Waals surface area (Å²) in [6, 6.07) is 0. The van der Waals surface area contributed by atoms with Gasteiger partial charge in [0.15, 0.2) is 17.2 Å². The van der Waals surface area contributed by atoms with Gasteiger partial charge >= 0.3 is 5.97 Å². The molecule has 6 heteroatoms. The normalized spacial score (nSPS) is 47.7. The molecule has 4 rings (SSSR count). The van der Waals surface area contributed by atoms with Crippen LogP contribution >= 0.6 is 11.6 Å². The monoisotopic (exact) mass is 464 g/mol. The van der Waals surface area contributed by atoms with Gasteiger partial charge in [-0.15, -0.1) is 11.6 Å². The molecule has 0 bridgehead atoms. The van der Waals surface area contributed by atoms with Gasteiger partial charge in [0.05, 0.1) is 12.0 Å². The van der Waals surface area contributed by atoms with E-state index in [0.29, 0.717) is 12.8 Å². The number of ketones is 2. The van der Waals surface area contributed by atoms with E-state index < -0.39 is 23.1 Å². The van der Waals surface area contributed by atoms with Crippen LogP contribution in [0.5, 0.6) is 0 Å². The molecule has 1 N–H and O–H groups in total. The Morgan fingerprint density at radius 3 is 2.56 bits per heavy atom. The second-order valence-corrected chi connectivity index (χ2v) is 11.6. The van der Waals surface area contributed by atoms with Gasteiger partial charge in [-0.2, -0.15) is 0 Å². The Hall–Kier alpha value is -1.20. The first-order valence-electron chi connectivity index (χ1n) is 12.2. The molecule has 0 aliphatic heterocycles. The standard InChI is InChI=1S/C26H37ClO5/c1-6-22(31)32-26(21(30)13-27)15(3)10-19-17-9-14(2)18-11-16(28)7-8-24(18,4)23(17)20(29)12-25(19,26)5/h11,14-15,17,19-20,23,29H,6-10,12-13H2,1-5H3/t14?,15?,17-,19-,20?,23+,24-,25-,26-/m0/s1. The van der Waals surface area contributed by atoms with E-state index in [4.69, 9.17) is 16.3 Å². The first kappa shape index (κ1) is 23.9. The predicted octanol–water partition coefficient (Wildman–Crippen LogP) is 4.48. The molecule has 3 saturated carbocycles. The average molecular weight is 465 g/mol. The van der Waals surface area contributed by atoms with Crippen molar-refractivity contribution in [3.05, 3.63) is 11.6 Å². The molecular weight excluding hydrogens is 428 g/mol. The Kier molecular flexibility index (Phi) is 5.94. The summed E-state index contributed by atoms with van der Waals surface area (Å²) in [4.78, 5) is 38.1. The second kappa shape index (κ2) is 7.94. The van der Waals surface area contributed by atoms with Crippen LogP contribution < -0.4 is 0 Å². The first-order chi connectivity index (χ1) is 15.0. The van der Waals surface area contributed by atoms with E-state index in [-0.39, 0.29) is 58.9 Å². The molecule has 0 heterocycles. The van der Waals surface area contributed by atoms with Gasteiger partial charge in [0.25, 0.3) is 0 Å². The number of hydrogen-bond donors (Lipinski definition) is 1. The van der Waals surface area contributed by atoms with E-state index in [9.17, 15) is 19.5 Å². The molecule has 0 spiro atoms. The third-order valence-electron chi connectivity index (χ3n) is 9.85. The van der Waals surface area contributed by atoms with Crippen LogP contribution in [0.1, 0.15) is 73.1 Å². The van der Waals surface area contributed by atoms with Crippen LogP contribution in [-0.2, 0) is 19.1 Å². The van der Waals surface area contributed by atoms with Crippen LogP contribution in [0, 0.1) is 40.4 Å². The van der Waals surface area contributed by atoms with Crippen molar-refractivity contribution in [3.8, 4) is 0 Å². The van der Waals surface area contributed by atoms with Crippen molar-refractivity contribution < 1.29 is 24.2 Å². The summed E-state index contributed by atoms with van der Waals surface area (Å²) in [7, 11) is 0. The molecule has 3 fully saturated rings. The molecule has 4 aliphatic rings. The lowest BCUT2D eigenvalue weighted by Crippen LogP contribution is -2.64. The van der Waals surface area contributed by atoms with Gasteiger partial charge in [-0.05, 0) is 60.8 Å². The fraction of sp³-hybridized carbons (Fsp3) is 0.808. The molecule has 32 heavy (non-hydrogen) atoms. The van der Waals surface area contributed by atoms with E-state index in [1.165, 1.54) is 5.57 Å². The van der Waals surface area contributed by atoms with E-state index in [1.807, 2.05) is 19.9 Å². The number of alkyl halides is 1. The fourth-order valence-corrected chi connectivity index (χ4v) is 8.85. The van der Waals surface area contributed by atoms with Crippen molar-refractivity contribution >= 4 is 29.1 Å². The maximum Gasteiger partial charge on any atom is 0.306 e. The number of esters is 1. The summed E-state index contributed by atoms with van der Waals surface area (Å²) in [5, 5.41) is 11.6. The molecule has 178 valence electrons. The number of aliphatic hydroxyl groups excluding tert-OH is 1. The molecular formula is C26H37ClO5. The number of ether oxygens (including phenoxy) is 1. The Morgan fingerprint density at radius 1 is 1.25 bits per heavy atom. The SMILES string of the molecule is CCC(=O)O[C@]1(C(=O)CCl)C(C)C[C@H]2[C@@H]3CC(C)C4=CC(=O)CC[C@]4(C)[C@H]3C(O)C[C@@]21C. The van der Waals surface area contributed by atoms with Gasteiger partial charge in [0.1, 0.15) is 0 Å². The van der Waals surface area contributed by atoms with Crippen molar-refractivity contribution in [1.82, 2.24) is 0 Å². The molecule has 0 aromatic heterocycles. The molecule has 0 aromatic rings. The van der Waals surface area contributed by atoms with Crippen LogP contribution in [0.2, 0.25) is 0 Å². The average Bonchev–Trinajstić information content (AvgIpc) is 2.95. The number of carbonyl (C=O) groups excluding carboxylic acids is 3. The maximum atomic E-state index is 13.4. The molecule has 0 amide bonds. The third-order valence-corrected chi connectivity index (χ3v) is 10.1. The lowest BCUT2D eigenvalue weighted by Gasteiger charge is -2.62. The number of halogens is 1. The second-order valence-electron chi connectivity index (χ2n) is 11.4. The summed E-state index contributed by atoms with van der Waals surface area (Å²) < 4.78 is 6.05. The molecule has 3 unspecified atom stereocenters. The van der Waals surface area contributed by atoms with Gasteiger partial charge in [-0.1, -0.05) is 40.2 Å². The van der Waals surface area contributed by atoms with Gasteiger partial charge in [-0.3, -0.25) is 14.4 Å². The molecule has 5 nitrogen and oxygen atoms in total. The molecule has 9 atom stereocenters. The zero-order valence-corrected chi connectivity index (χ0v) is 20.7. The van der Waals surface area contributed by atoms with Gasteiger partial charge < -0.3 is 9.84 Å².